The van der Waals surface area contributed by atoms with Gasteiger partial charge in [-0.3, -0.25) is 0 Å². The first-order valence-electron chi connectivity index (χ1n) is 5.01. The lowest BCUT2D eigenvalue weighted by Gasteiger charge is -2.16. The van der Waals surface area contributed by atoms with Crippen LogP contribution < -0.4 is 20.9 Å². The number of ether oxygens (including phenoxy) is 2. The van der Waals surface area contributed by atoms with Crippen molar-refractivity contribution in [2.75, 3.05) is 20.8 Å². The zero-order chi connectivity index (χ0) is 12.1. The van der Waals surface area contributed by atoms with E-state index in [0.29, 0.717) is 29.5 Å². The maximum absolute atomic E-state index is 6.20. The van der Waals surface area contributed by atoms with Gasteiger partial charge in [-0.1, -0.05) is 17.7 Å². The summed E-state index contributed by atoms with van der Waals surface area (Å²) in [5.74, 6) is 1.10. The molecule has 0 aliphatic carbocycles. The summed E-state index contributed by atoms with van der Waals surface area (Å²) in [6.45, 7) is 0.520. The van der Waals surface area contributed by atoms with Crippen LogP contribution in [0.15, 0.2) is 12.1 Å². The Morgan fingerprint density at radius 1 is 1.31 bits per heavy atom. The fraction of sp³-hybridized carbons (Fsp3) is 0.455. The minimum Gasteiger partial charge on any atom is -0.493 e. The van der Waals surface area contributed by atoms with E-state index < -0.39 is 0 Å². The molecule has 0 saturated carbocycles. The molecule has 0 spiro atoms. The molecule has 0 amide bonds. The van der Waals surface area contributed by atoms with E-state index in [-0.39, 0.29) is 6.04 Å². The molecule has 5 heteroatoms. The van der Waals surface area contributed by atoms with Crippen LogP contribution in [0.3, 0.4) is 0 Å². The molecule has 1 aromatic rings. The standard InChI is InChI=1S/C11H17ClN2O2/c1-15-9-4-3-7(8(14)5-6-13)10(12)11(9)16-2/h3-4,8H,5-6,13-14H2,1-2H3/t8-/m1/s1. The molecule has 90 valence electrons. The summed E-state index contributed by atoms with van der Waals surface area (Å²) in [6.07, 6.45) is 0.676. The summed E-state index contributed by atoms with van der Waals surface area (Å²) < 4.78 is 10.3. The molecule has 4 nitrogen and oxygen atoms in total. The summed E-state index contributed by atoms with van der Waals surface area (Å²) in [7, 11) is 3.11. The molecule has 0 aliphatic heterocycles. The smallest absolute Gasteiger partial charge is 0.179 e. The van der Waals surface area contributed by atoms with Gasteiger partial charge >= 0.3 is 0 Å². The van der Waals surface area contributed by atoms with E-state index in [9.17, 15) is 0 Å². The van der Waals surface area contributed by atoms with E-state index in [4.69, 9.17) is 32.5 Å². The van der Waals surface area contributed by atoms with Crippen molar-refractivity contribution < 1.29 is 9.47 Å². The molecule has 0 unspecified atom stereocenters. The van der Waals surface area contributed by atoms with Crippen LogP contribution >= 0.6 is 11.6 Å². The fourth-order valence-electron chi connectivity index (χ4n) is 1.53. The van der Waals surface area contributed by atoms with Gasteiger partial charge in [0.05, 0.1) is 19.2 Å². The van der Waals surface area contributed by atoms with E-state index in [1.54, 1.807) is 20.3 Å². The molecular weight excluding hydrogens is 228 g/mol. The second kappa shape index (κ2) is 5.94. The maximum atomic E-state index is 6.20. The van der Waals surface area contributed by atoms with Crippen LogP contribution in [0.2, 0.25) is 5.02 Å². The summed E-state index contributed by atoms with van der Waals surface area (Å²) in [5, 5.41) is 0.489. The maximum Gasteiger partial charge on any atom is 0.179 e. The van der Waals surface area contributed by atoms with E-state index in [2.05, 4.69) is 0 Å². The number of benzene rings is 1. The van der Waals surface area contributed by atoms with Crippen LogP contribution in [0.25, 0.3) is 0 Å². The fourth-order valence-corrected chi connectivity index (χ4v) is 1.90. The van der Waals surface area contributed by atoms with Gasteiger partial charge in [-0.05, 0) is 24.6 Å². The van der Waals surface area contributed by atoms with Crippen LogP contribution in [-0.4, -0.2) is 20.8 Å². The first-order valence-corrected chi connectivity index (χ1v) is 5.39. The Labute approximate surface area is 100 Å². The van der Waals surface area contributed by atoms with Crippen molar-refractivity contribution >= 4 is 11.6 Å². The molecular formula is C11H17ClN2O2. The predicted octanol–water partition coefficient (Wildman–Crippen LogP) is 1.71. The minimum atomic E-state index is -0.183. The quantitative estimate of drug-likeness (QED) is 0.827. The average molecular weight is 245 g/mol. The van der Waals surface area contributed by atoms with E-state index in [1.165, 1.54) is 0 Å². The minimum absolute atomic E-state index is 0.183. The van der Waals surface area contributed by atoms with Crippen LogP contribution in [0, 0.1) is 0 Å². The molecule has 0 bridgehead atoms. The van der Waals surface area contributed by atoms with Gasteiger partial charge in [0.2, 0.25) is 0 Å². The summed E-state index contributed by atoms with van der Waals surface area (Å²) in [6, 6.07) is 3.44. The highest BCUT2D eigenvalue weighted by Gasteiger charge is 2.16. The molecule has 0 radical (unpaired) electrons. The first kappa shape index (κ1) is 13.1. The predicted molar refractivity (Wildman–Crippen MR) is 65.2 cm³/mol. The molecule has 1 aromatic carbocycles. The second-order valence-corrected chi connectivity index (χ2v) is 3.77. The molecule has 0 heterocycles. The third kappa shape index (κ3) is 2.58. The lowest BCUT2D eigenvalue weighted by Crippen LogP contribution is -2.16. The number of nitrogens with two attached hydrogens (primary N) is 2. The summed E-state index contributed by atoms with van der Waals surface area (Å²) >= 11 is 6.20. The number of hydrogen-bond acceptors (Lipinski definition) is 4. The van der Waals surface area contributed by atoms with E-state index >= 15 is 0 Å². The molecule has 0 aliphatic rings. The zero-order valence-corrected chi connectivity index (χ0v) is 10.3. The van der Waals surface area contributed by atoms with Gasteiger partial charge in [0.15, 0.2) is 11.5 Å². The number of hydrogen-bond donors (Lipinski definition) is 2. The average Bonchev–Trinajstić information content (AvgIpc) is 2.28. The van der Waals surface area contributed by atoms with Crippen LogP contribution in [0.1, 0.15) is 18.0 Å². The van der Waals surface area contributed by atoms with Crippen molar-refractivity contribution in [1.82, 2.24) is 0 Å². The summed E-state index contributed by atoms with van der Waals surface area (Å²) in [4.78, 5) is 0. The van der Waals surface area contributed by atoms with Gasteiger partial charge in [0.1, 0.15) is 0 Å². The molecule has 1 atom stereocenters. The Balaban J connectivity index is 3.13. The number of methoxy groups -OCH3 is 2. The lowest BCUT2D eigenvalue weighted by molar-refractivity contribution is 0.354. The monoisotopic (exact) mass is 244 g/mol. The van der Waals surface area contributed by atoms with Gasteiger partial charge in [0, 0.05) is 6.04 Å². The molecule has 16 heavy (non-hydrogen) atoms. The molecule has 1 rings (SSSR count). The van der Waals surface area contributed by atoms with Gasteiger partial charge in [-0.15, -0.1) is 0 Å². The zero-order valence-electron chi connectivity index (χ0n) is 9.50. The van der Waals surface area contributed by atoms with Gasteiger partial charge in [-0.2, -0.15) is 0 Å². The molecule has 4 N–H and O–H groups in total. The van der Waals surface area contributed by atoms with Gasteiger partial charge < -0.3 is 20.9 Å². The molecule has 0 aromatic heterocycles. The highest BCUT2D eigenvalue weighted by atomic mass is 35.5. The Bertz CT molecular complexity index is 358. The van der Waals surface area contributed by atoms with E-state index in [1.807, 2.05) is 6.07 Å². The Morgan fingerprint density at radius 3 is 2.50 bits per heavy atom. The lowest BCUT2D eigenvalue weighted by atomic mass is 10.0. The SMILES string of the molecule is COc1ccc([C@H](N)CCN)c(Cl)c1OC. The topological polar surface area (TPSA) is 70.5 Å². The highest BCUT2D eigenvalue weighted by Crippen LogP contribution is 2.39. The van der Waals surface area contributed by atoms with Crippen LogP contribution in [0.4, 0.5) is 0 Å². The van der Waals surface area contributed by atoms with Crippen LogP contribution in [-0.2, 0) is 0 Å². The van der Waals surface area contributed by atoms with Crippen molar-refractivity contribution in [3.8, 4) is 11.5 Å². The Kier molecular flexibility index (Phi) is 4.86. The summed E-state index contributed by atoms with van der Waals surface area (Å²) in [5.41, 5.74) is 12.2. The largest absolute Gasteiger partial charge is 0.493 e. The van der Waals surface area contributed by atoms with Crippen molar-refractivity contribution in [2.24, 2.45) is 11.5 Å². The van der Waals surface area contributed by atoms with Crippen molar-refractivity contribution in [3.05, 3.63) is 22.7 Å². The van der Waals surface area contributed by atoms with Gasteiger partial charge in [-0.25, -0.2) is 0 Å². The van der Waals surface area contributed by atoms with E-state index in [0.717, 1.165) is 5.56 Å². The normalized spacial score (nSPS) is 12.3. The highest BCUT2D eigenvalue weighted by molar-refractivity contribution is 6.33. The third-order valence-corrected chi connectivity index (χ3v) is 2.78. The van der Waals surface area contributed by atoms with Crippen LogP contribution in [0.5, 0.6) is 11.5 Å². The Hall–Kier alpha value is -0.970. The van der Waals surface area contributed by atoms with Crippen molar-refractivity contribution in [3.63, 3.8) is 0 Å². The Morgan fingerprint density at radius 2 is 2.00 bits per heavy atom. The van der Waals surface area contributed by atoms with Gasteiger partial charge in [0.25, 0.3) is 0 Å². The molecule has 0 fully saturated rings. The van der Waals surface area contributed by atoms with Crippen molar-refractivity contribution in [2.45, 2.75) is 12.5 Å². The number of halogens is 1. The molecule has 0 saturated heterocycles. The first-order chi connectivity index (χ1) is 7.65. The number of rotatable bonds is 5. The second-order valence-electron chi connectivity index (χ2n) is 3.39. The third-order valence-electron chi connectivity index (χ3n) is 2.39. The van der Waals surface area contributed by atoms with Crippen molar-refractivity contribution in [1.29, 1.82) is 0 Å².